The molecule has 0 radical (unpaired) electrons. The third-order valence-electron chi connectivity index (χ3n) is 8.07. The fourth-order valence-electron chi connectivity index (χ4n) is 6.84. The fraction of sp³-hybridized carbons (Fsp3) is 0.739. The second-order valence-corrected chi connectivity index (χ2v) is 13.7. The number of rotatable bonds is 5. The van der Waals surface area contributed by atoms with Crippen LogP contribution in [0.3, 0.4) is 0 Å². The van der Waals surface area contributed by atoms with Crippen LogP contribution in [0.1, 0.15) is 77.0 Å². The van der Waals surface area contributed by atoms with Gasteiger partial charge in [0.05, 0.1) is 8.46 Å². The molecule has 2 aliphatic carbocycles. The summed E-state index contributed by atoms with van der Waals surface area (Å²) < 4.78 is 27.7. The van der Waals surface area contributed by atoms with Gasteiger partial charge in [0.2, 0.25) is 0 Å². The van der Waals surface area contributed by atoms with Crippen LogP contribution in [0, 0.1) is 11.8 Å². The molecule has 4 heteroatoms. The van der Waals surface area contributed by atoms with Gasteiger partial charge >= 0.3 is 0 Å². The van der Waals surface area contributed by atoms with Crippen LogP contribution in [0.4, 0.5) is 0 Å². The van der Waals surface area contributed by atoms with Crippen molar-refractivity contribution in [2.75, 3.05) is 6.16 Å². The lowest BCUT2D eigenvalue weighted by molar-refractivity contribution is 0.162. The zero-order valence-electron chi connectivity index (χ0n) is 16.7. The molecule has 3 atom stereocenters. The van der Waals surface area contributed by atoms with E-state index in [0.717, 1.165) is 24.3 Å². The minimum Gasteiger partial charge on any atom is -0.330 e. The molecule has 4 rings (SSSR count). The number of benzene rings is 1. The summed E-state index contributed by atoms with van der Waals surface area (Å²) in [5, 5.41) is 0.930. The fourth-order valence-corrected chi connectivity index (χ4v) is 13.1. The Labute approximate surface area is 166 Å². The molecule has 150 valence electrons. The second-order valence-electron chi connectivity index (χ2n) is 9.30. The molecule has 2 saturated carbocycles. The lowest BCUT2D eigenvalue weighted by Crippen LogP contribution is -2.51. The molecule has 1 aromatic carbocycles. The lowest BCUT2D eigenvalue weighted by atomic mass is 9.67. The van der Waals surface area contributed by atoms with Gasteiger partial charge in [0, 0.05) is 22.3 Å². The van der Waals surface area contributed by atoms with E-state index in [1.807, 2.05) is 18.2 Å². The first-order chi connectivity index (χ1) is 13.2. The average molecular weight is 406 g/mol. The Morgan fingerprint density at radius 3 is 1.85 bits per heavy atom. The smallest absolute Gasteiger partial charge is 0.119 e. The molecule has 27 heavy (non-hydrogen) atoms. The lowest BCUT2D eigenvalue weighted by Gasteiger charge is -2.51. The molecule has 3 fully saturated rings. The maximum atomic E-state index is 14.5. The van der Waals surface area contributed by atoms with E-state index in [0.29, 0.717) is 11.8 Å². The van der Waals surface area contributed by atoms with Crippen LogP contribution in [-0.4, -0.2) is 17.0 Å². The van der Waals surface area contributed by atoms with E-state index in [1.54, 1.807) is 0 Å². The molecule has 2 nitrogen and oxygen atoms in total. The second kappa shape index (κ2) is 8.59. The molecule has 0 spiro atoms. The Kier molecular flexibility index (Phi) is 6.35. The van der Waals surface area contributed by atoms with Crippen LogP contribution in [0.2, 0.25) is 0 Å². The predicted octanol–water partition coefficient (Wildman–Crippen LogP) is 6.49. The van der Waals surface area contributed by atoms with Crippen LogP contribution in [-0.2, 0) is 9.13 Å². The van der Waals surface area contributed by atoms with Gasteiger partial charge in [0.15, 0.2) is 0 Å². The van der Waals surface area contributed by atoms with Crippen molar-refractivity contribution in [1.82, 2.24) is 0 Å². The molecule has 3 aliphatic rings. The molecule has 1 saturated heterocycles. The third kappa shape index (κ3) is 3.55. The zero-order valence-corrected chi connectivity index (χ0v) is 18.7. The highest BCUT2D eigenvalue weighted by atomic mass is 31.2. The van der Waals surface area contributed by atoms with Gasteiger partial charge in [-0.1, -0.05) is 68.9 Å². The van der Waals surface area contributed by atoms with Gasteiger partial charge in [-0.3, -0.25) is 0 Å². The van der Waals surface area contributed by atoms with Crippen LogP contribution in [0.25, 0.3) is 0 Å². The van der Waals surface area contributed by atoms with E-state index in [9.17, 15) is 9.13 Å². The highest BCUT2D eigenvalue weighted by Crippen LogP contribution is 2.68. The van der Waals surface area contributed by atoms with Crippen LogP contribution >= 0.6 is 15.6 Å². The summed E-state index contributed by atoms with van der Waals surface area (Å²) in [7, 11) is -3.38. The summed E-state index contributed by atoms with van der Waals surface area (Å²) in [6, 6.07) is 10.3. The van der Waals surface area contributed by atoms with E-state index >= 15 is 0 Å². The van der Waals surface area contributed by atoms with Crippen molar-refractivity contribution in [1.29, 1.82) is 0 Å². The molecule has 1 heterocycles. The zero-order chi connectivity index (χ0) is 18.7. The summed E-state index contributed by atoms with van der Waals surface area (Å²) >= 11 is 0. The van der Waals surface area contributed by atoms with Gasteiger partial charge in [-0.15, -0.1) is 0 Å². The quantitative estimate of drug-likeness (QED) is 0.524. The molecule has 3 unspecified atom stereocenters. The van der Waals surface area contributed by atoms with Gasteiger partial charge in [-0.2, -0.15) is 0 Å². The summed E-state index contributed by atoms with van der Waals surface area (Å²) in [6.07, 6.45) is 15.6. The van der Waals surface area contributed by atoms with Gasteiger partial charge in [-0.25, -0.2) is 0 Å². The van der Waals surface area contributed by atoms with E-state index in [4.69, 9.17) is 0 Å². The van der Waals surface area contributed by atoms with E-state index < -0.39 is 15.6 Å². The Hall–Kier alpha value is -0.320. The van der Waals surface area contributed by atoms with Crippen LogP contribution < -0.4 is 5.30 Å². The Bertz CT molecular complexity index is 657. The van der Waals surface area contributed by atoms with Crippen molar-refractivity contribution in [3.63, 3.8) is 0 Å². The Morgan fingerprint density at radius 2 is 1.33 bits per heavy atom. The summed E-state index contributed by atoms with van der Waals surface area (Å²) in [5.74, 6) is 1.09. The monoisotopic (exact) mass is 406 g/mol. The summed E-state index contributed by atoms with van der Waals surface area (Å²) in [5.41, 5.74) is 0.172. The van der Waals surface area contributed by atoms with Crippen molar-refractivity contribution >= 4 is 20.9 Å². The molecular formula is C23H36O2P2. The molecule has 0 bridgehead atoms. The summed E-state index contributed by atoms with van der Waals surface area (Å²) in [6.45, 7) is 0. The topological polar surface area (TPSA) is 34.1 Å². The molecule has 0 aromatic heterocycles. The molecule has 1 aliphatic heterocycles. The first-order valence-corrected chi connectivity index (χ1v) is 14.3. The van der Waals surface area contributed by atoms with Gasteiger partial charge in [0.25, 0.3) is 0 Å². The maximum Gasteiger partial charge on any atom is 0.119 e. The van der Waals surface area contributed by atoms with Crippen molar-refractivity contribution < 1.29 is 9.13 Å². The summed E-state index contributed by atoms with van der Waals surface area (Å²) in [4.78, 5) is 0. The van der Waals surface area contributed by atoms with Crippen molar-refractivity contribution in [2.45, 2.75) is 87.9 Å². The Balaban J connectivity index is 1.79. The van der Waals surface area contributed by atoms with Crippen LogP contribution in [0.15, 0.2) is 30.3 Å². The normalized spacial score (nSPS) is 31.6. The van der Waals surface area contributed by atoms with Crippen molar-refractivity contribution in [3.8, 4) is 0 Å². The molecular weight excluding hydrogens is 370 g/mol. The molecule has 0 N–H and O–H groups in total. The number of hydrogen-bond donors (Lipinski definition) is 0. The van der Waals surface area contributed by atoms with E-state index in [2.05, 4.69) is 12.1 Å². The van der Waals surface area contributed by atoms with Gasteiger partial charge in [0.1, 0.15) is 7.14 Å². The average Bonchev–Trinajstić information content (AvgIpc) is 3.15. The minimum atomic E-state index is -2.48. The van der Waals surface area contributed by atoms with Crippen LogP contribution in [0.5, 0.6) is 0 Å². The van der Waals surface area contributed by atoms with Gasteiger partial charge < -0.3 is 9.13 Å². The predicted molar refractivity (Wildman–Crippen MR) is 118 cm³/mol. The van der Waals surface area contributed by atoms with E-state index in [-0.39, 0.29) is 10.8 Å². The maximum absolute atomic E-state index is 14.5. The minimum absolute atomic E-state index is 0.136. The SMILES string of the molecule is O=[PH2]C(C1CCCCC1)(C1CCCCC1)C1CCCP1(=O)c1ccccc1. The van der Waals surface area contributed by atoms with E-state index in [1.165, 1.54) is 64.2 Å². The van der Waals surface area contributed by atoms with Crippen molar-refractivity contribution in [3.05, 3.63) is 30.3 Å². The standard InChI is InChI=1S/C23H36O2P2/c24-26-23(19-11-4-1-5-12-19,20-13-6-2-7-14-20)22-17-10-18-27(22,25)21-15-8-3-9-16-21/h3,8-9,15-16,19-20,22H,1-2,4-7,10-14,17-18,26H2. The highest BCUT2D eigenvalue weighted by molar-refractivity contribution is 7.73. The van der Waals surface area contributed by atoms with Crippen molar-refractivity contribution in [2.24, 2.45) is 11.8 Å². The third-order valence-corrected chi connectivity index (χ3v) is 14.0. The Morgan fingerprint density at radius 1 is 0.778 bits per heavy atom. The first kappa shape index (κ1) is 20.0. The number of hydrogen-bond acceptors (Lipinski definition) is 2. The largest absolute Gasteiger partial charge is 0.330 e. The van der Waals surface area contributed by atoms with Gasteiger partial charge in [-0.05, 0) is 50.4 Å². The molecule has 0 amide bonds. The first-order valence-electron chi connectivity index (χ1n) is 11.3. The molecule has 1 aromatic rings. The highest BCUT2D eigenvalue weighted by Gasteiger charge is 2.57.